The molecule has 94 valence electrons. The molecule has 0 aromatic carbocycles. The van der Waals surface area contributed by atoms with E-state index in [0.29, 0.717) is 5.69 Å². The zero-order chi connectivity index (χ0) is 12.1. The van der Waals surface area contributed by atoms with Crippen LogP contribution in [-0.4, -0.2) is 11.5 Å². The lowest BCUT2D eigenvalue weighted by molar-refractivity contribution is 0.345. The number of pyridine rings is 1. The van der Waals surface area contributed by atoms with Gasteiger partial charge in [0.15, 0.2) is 0 Å². The van der Waals surface area contributed by atoms with Gasteiger partial charge in [0.2, 0.25) is 0 Å². The van der Waals surface area contributed by atoms with Crippen LogP contribution in [0.25, 0.3) is 0 Å². The Morgan fingerprint density at radius 1 is 1.35 bits per heavy atom. The van der Waals surface area contributed by atoms with Crippen molar-refractivity contribution in [1.29, 1.82) is 0 Å². The largest absolute Gasteiger partial charge is 0.396 e. The number of halogens is 1. The summed E-state index contributed by atoms with van der Waals surface area (Å²) < 4.78 is 0.924. The molecule has 0 aliphatic heterocycles. The molecule has 3 N–H and O–H groups in total. The van der Waals surface area contributed by atoms with Gasteiger partial charge in [0.25, 0.3) is 0 Å². The van der Waals surface area contributed by atoms with Gasteiger partial charge in [0.1, 0.15) is 5.82 Å². The molecule has 1 aromatic heterocycles. The van der Waals surface area contributed by atoms with Crippen molar-refractivity contribution in [3.63, 3.8) is 0 Å². The second kappa shape index (κ2) is 6.24. The van der Waals surface area contributed by atoms with Crippen LogP contribution < -0.4 is 11.1 Å². The third kappa shape index (κ3) is 3.87. The highest BCUT2D eigenvalue weighted by molar-refractivity contribution is 9.10. The molecule has 2 rings (SSSR count). The molecule has 4 heteroatoms. The predicted molar refractivity (Wildman–Crippen MR) is 76.0 cm³/mol. The standard InChI is InChI=1S/C13H20BrN3/c14-11-8-12(15)13(17-9-11)16-7-6-10-4-2-1-3-5-10/h8-10H,1-7,15H2,(H,16,17). The molecule has 0 spiro atoms. The van der Waals surface area contributed by atoms with Crippen LogP contribution in [-0.2, 0) is 0 Å². The molecular weight excluding hydrogens is 278 g/mol. The zero-order valence-corrected chi connectivity index (χ0v) is 11.7. The number of nitrogens with two attached hydrogens (primary N) is 1. The SMILES string of the molecule is Nc1cc(Br)cnc1NCCC1CCCCC1. The average Bonchev–Trinajstić information content (AvgIpc) is 2.33. The average molecular weight is 298 g/mol. The Balaban J connectivity index is 1.77. The zero-order valence-electron chi connectivity index (χ0n) is 10.1. The first-order chi connectivity index (χ1) is 8.25. The van der Waals surface area contributed by atoms with Gasteiger partial charge in [-0.25, -0.2) is 4.98 Å². The monoisotopic (exact) mass is 297 g/mol. The normalized spacial score (nSPS) is 17.0. The number of hydrogen-bond acceptors (Lipinski definition) is 3. The molecule has 0 unspecified atom stereocenters. The molecular formula is C13H20BrN3. The van der Waals surface area contributed by atoms with E-state index < -0.39 is 0 Å². The first kappa shape index (κ1) is 12.7. The van der Waals surface area contributed by atoms with Crippen LogP contribution in [0.4, 0.5) is 11.5 Å². The minimum absolute atomic E-state index is 0.711. The number of nitrogens with zero attached hydrogens (tertiary/aromatic N) is 1. The second-order valence-corrected chi connectivity index (χ2v) is 5.73. The quantitative estimate of drug-likeness (QED) is 0.888. The summed E-state index contributed by atoms with van der Waals surface area (Å²) in [5.74, 6) is 1.71. The topological polar surface area (TPSA) is 50.9 Å². The molecule has 17 heavy (non-hydrogen) atoms. The van der Waals surface area contributed by atoms with Gasteiger partial charge in [-0.2, -0.15) is 0 Å². The molecule has 1 aliphatic carbocycles. The van der Waals surface area contributed by atoms with Gasteiger partial charge in [0.05, 0.1) is 5.69 Å². The van der Waals surface area contributed by atoms with E-state index in [4.69, 9.17) is 5.73 Å². The van der Waals surface area contributed by atoms with Crippen LogP contribution in [0.1, 0.15) is 38.5 Å². The maximum atomic E-state index is 5.89. The van der Waals surface area contributed by atoms with Crippen LogP contribution in [0.3, 0.4) is 0 Å². The lowest BCUT2D eigenvalue weighted by atomic mass is 9.87. The van der Waals surface area contributed by atoms with Crippen LogP contribution >= 0.6 is 15.9 Å². The minimum atomic E-state index is 0.711. The summed E-state index contributed by atoms with van der Waals surface area (Å²) in [6, 6.07) is 1.88. The maximum absolute atomic E-state index is 5.89. The summed E-state index contributed by atoms with van der Waals surface area (Å²) in [6.45, 7) is 0.976. The molecule has 1 saturated carbocycles. The van der Waals surface area contributed by atoms with E-state index in [2.05, 4.69) is 26.2 Å². The lowest BCUT2D eigenvalue weighted by Gasteiger charge is -2.21. The van der Waals surface area contributed by atoms with Gasteiger partial charge in [0, 0.05) is 17.2 Å². The van der Waals surface area contributed by atoms with Gasteiger partial charge in [-0.05, 0) is 34.3 Å². The molecule has 0 radical (unpaired) electrons. The highest BCUT2D eigenvalue weighted by atomic mass is 79.9. The van der Waals surface area contributed by atoms with Crippen molar-refractivity contribution in [3.05, 3.63) is 16.7 Å². The number of rotatable bonds is 4. The van der Waals surface area contributed by atoms with E-state index in [1.54, 1.807) is 6.20 Å². The van der Waals surface area contributed by atoms with Crippen molar-refractivity contribution in [2.75, 3.05) is 17.6 Å². The van der Waals surface area contributed by atoms with Gasteiger partial charge in [-0.15, -0.1) is 0 Å². The highest BCUT2D eigenvalue weighted by Gasteiger charge is 2.12. The lowest BCUT2D eigenvalue weighted by Crippen LogP contribution is -2.13. The molecule has 0 amide bonds. The molecule has 0 atom stereocenters. The first-order valence-corrected chi connectivity index (χ1v) is 7.20. The van der Waals surface area contributed by atoms with Crippen molar-refractivity contribution in [3.8, 4) is 0 Å². The Labute approximate surface area is 111 Å². The van der Waals surface area contributed by atoms with Crippen molar-refractivity contribution in [2.24, 2.45) is 5.92 Å². The summed E-state index contributed by atoms with van der Waals surface area (Å²) in [5.41, 5.74) is 6.60. The summed E-state index contributed by atoms with van der Waals surface area (Å²) in [6.07, 6.45) is 10.0. The molecule has 0 bridgehead atoms. The van der Waals surface area contributed by atoms with E-state index in [-0.39, 0.29) is 0 Å². The summed E-state index contributed by atoms with van der Waals surface area (Å²) >= 11 is 3.36. The van der Waals surface area contributed by atoms with Crippen LogP contribution in [0.2, 0.25) is 0 Å². The summed E-state index contributed by atoms with van der Waals surface area (Å²) in [5, 5.41) is 3.33. The fourth-order valence-corrected chi connectivity index (χ4v) is 2.82. The smallest absolute Gasteiger partial charge is 0.149 e. The fraction of sp³-hybridized carbons (Fsp3) is 0.615. The Morgan fingerprint density at radius 3 is 2.82 bits per heavy atom. The van der Waals surface area contributed by atoms with E-state index in [1.807, 2.05) is 6.07 Å². The van der Waals surface area contributed by atoms with Crippen molar-refractivity contribution >= 4 is 27.4 Å². The summed E-state index contributed by atoms with van der Waals surface area (Å²) in [4.78, 5) is 4.28. The van der Waals surface area contributed by atoms with Crippen LogP contribution in [0, 0.1) is 5.92 Å². The molecule has 1 aromatic rings. The number of nitrogens with one attached hydrogen (secondary N) is 1. The van der Waals surface area contributed by atoms with Crippen molar-refractivity contribution in [1.82, 2.24) is 4.98 Å². The molecule has 0 saturated heterocycles. The first-order valence-electron chi connectivity index (χ1n) is 6.40. The Kier molecular flexibility index (Phi) is 4.66. The number of nitrogen functional groups attached to an aromatic ring is 1. The van der Waals surface area contributed by atoms with Gasteiger partial charge in [-0.1, -0.05) is 32.1 Å². The molecule has 1 fully saturated rings. The van der Waals surface area contributed by atoms with Crippen molar-refractivity contribution < 1.29 is 0 Å². The number of aromatic nitrogens is 1. The Bertz CT molecular complexity index is 362. The number of anilines is 2. The third-order valence-corrected chi connectivity index (χ3v) is 3.89. The van der Waals surface area contributed by atoms with Crippen LogP contribution in [0.5, 0.6) is 0 Å². The van der Waals surface area contributed by atoms with Crippen molar-refractivity contribution in [2.45, 2.75) is 38.5 Å². The fourth-order valence-electron chi connectivity index (χ4n) is 2.47. The van der Waals surface area contributed by atoms with E-state index in [0.717, 1.165) is 22.8 Å². The molecule has 1 heterocycles. The van der Waals surface area contributed by atoms with E-state index in [1.165, 1.54) is 38.5 Å². The Hall–Kier alpha value is -0.770. The molecule has 1 aliphatic rings. The maximum Gasteiger partial charge on any atom is 0.149 e. The van der Waals surface area contributed by atoms with E-state index >= 15 is 0 Å². The third-order valence-electron chi connectivity index (χ3n) is 3.45. The molecule has 3 nitrogen and oxygen atoms in total. The summed E-state index contributed by atoms with van der Waals surface area (Å²) in [7, 11) is 0. The predicted octanol–water partition coefficient (Wildman–Crippen LogP) is 3.81. The van der Waals surface area contributed by atoms with Gasteiger partial charge >= 0.3 is 0 Å². The Morgan fingerprint density at radius 2 is 2.12 bits per heavy atom. The van der Waals surface area contributed by atoms with Gasteiger partial charge in [-0.3, -0.25) is 0 Å². The van der Waals surface area contributed by atoms with E-state index in [9.17, 15) is 0 Å². The second-order valence-electron chi connectivity index (χ2n) is 4.81. The minimum Gasteiger partial charge on any atom is -0.396 e. The highest BCUT2D eigenvalue weighted by Crippen LogP contribution is 2.26. The van der Waals surface area contributed by atoms with Gasteiger partial charge < -0.3 is 11.1 Å². The van der Waals surface area contributed by atoms with Crippen LogP contribution in [0.15, 0.2) is 16.7 Å². The number of hydrogen-bond donors (Lipinski definition) is 2.